The van der Waals surface area contributed by atoms with E-state index in [0.717, 1.165) is 13.2 Å². The van der Waals surface area contributed by atoms with E-state index < -0.39 is 0 Å². The van der Waals surface area contributed by atoms with E-state index in [1.54, 1.807) is 0 Å². The van der Waals surface area contributed by atoms with Crippen LogP contribution in [-0.2, 0) is 4.74 Å². The third kappa shape index (κ3) is 3.19. The lowest BCUT2D eigenvalue weighted by Crippen LogP contribution is -2.54. The summed E-state index contributed by atoms with van der Waals surface area (Å²) in [5.41, 5.74) is 0. The molecule has 0 aliphatic carbocycles. The molecule has 2 heterocycles. The number of nitrogens with zero attached hydrogens (tertiary/aromatic N) is 2. The van der Waals surface area contributed by atoms with Gasteiger partial charge in [-0.3, -0.25) is 0 Å². The van der Waals surface area contributed by atoms with Crippen molar-refractivity contribution in [3.8, 4) is 0 Å². The van der Waals surface area contributed by atoms with Gasteiger partial charge in [0.15, 0.2) is 0 Å². The summed E-state index contributed by atoms with van der Waals surface area (Å²) in [4.78, 5) is 5.00. The number of hydrogen-bond acceptors (Lipinski definition) is 4. The zero-order valence-corrected chi connectivity index (χ0v) is 11.5. The van der Waals surface area contributed by atoms with Crippen LogP contribution in [0.3, 0.4) is 0 Å². The molecule has 0 spiro atoms. The molecule has 0 aromatic heterocycles. The van der Waals surface area contributed by atoms with Crippen LogP contribution in [0, 0.1) is 5.92 Å². The summed E-state index contributed by atoms with van der Waals surface area (Å²) in [5.74, 6) is 0.680. The highest BCUT2D eigenvalue weighted by Crippen LogP contribution is 2.22. The molecule has 0 aromatic rings. The zero-order chi connectivity index (χ0) is 12.3. The zero-order valence-electron chi connectivity index (χ0n) is 11.5. The van der Waals surface area contributed by atoms with Gasteiger partial charge in [0, 0.05) is 31.2 Å². The number of ether oxygens (including phenoxy) is 1. The highest BCUT2D eigenvalue weighted by atomic mass is 16.5. The first-order valence-corrected chi connectivity index (χ1v) is 6.86. The summed E-state index contributed by atoms with van der Waals surface area (Å²) < 4.78 is 5.55. The third-order valence-electron chi connectivity index (χ3n) is 4.34. The van der Waals surface area contributed by atoms with E-state index in [1.165, 1.54) is 32.5 Å². The SMILES string of the molecule is CNC(C1CCOC1)C1CN(C)CCCN1C. The summed E-state index contributed by atoms with van der Waals surface area (Å²) in [6.45, 7) is 5.46. The fourth-order valence-electron chi connectivity index (χ4n) is 3.27. The molecule has 3 unspecified atom stereocenters. The molecule has 2 aliphatic heterocycles. The van der Waals surface area contributed by atoms with Crippen molar-refractivity contribution in [1.29, 1.82) is 0 Å². The van der Waals surface area contributed by atoms with Crippen LogP contribution in [0.15, 0.2) is 0 Å². The Hall–Kier alpha value is -0.160. The molecule has 0 bridgehead atoms. The topological polar surface area (TPSA) is 27.7 Å². The Bertz CT molecular complexity index is 231. The molecular weight excluding hydrogens is 214 g/mol. The van der Waals surface area contributed by atoms with Crippen molar-refractivity contribution in [2.75, 3.05) is 54.0 Å². The minimum atomic E-state index is 0.558. The average molecular weight is 241 g/mol. The standard InChI is InChI=1S/C13H27N3O/c1-14-13(11-5-8-17-10-11)12-9-15(2)6-4-7-16(12)3/h11-14H,4-10H2,1-3H3. The lowest BCUT2D eigenvalue weighted by molar-refractivity contribution is 0.129. The summed E-state index contributed by atoms with van der Waals surface area (Å²) in [5, 5.41) is 3.54. The van der Waals surface area contributed by atoms with Gasteiger partial charge < -0.3 is 19.9 Å². The van der Waals surface area contributed by atoms with E-state index in [-0.39, 0.29) is 0 Å². The van der Waals surface area contributed by atoms with Crippen molar-refractivity contribution >= 4 is 0 Å². The summed E-state index contributed by atoms with van der Waals surface area (Å²) in [6, 6.07) is 1.17. The normalized spacial score (nSPS) is 34.8. The number of rotatable bonds is 3. The quantitative estimate of drug-likeness (QED) is 0.766. The molecule has 2 aliphatic rings. The van der Waals surface area contributed by atoms with Gasteiger partial charge in [-0.1, -0.05) is 0 Å². The molecule has 0 radical (unpaired) electrons. The Labute approximate surface area is 105 Å². The van der Waals surface area contributed by atoms with Gasteiger partial charge >= 0.3 is 0 Å². The van der Waals surface area contributed by atoms with Gasteiger partial charge in [0.2, 0.25) is 0 Å². The smallest absolute Gasteiger partial charge is 0.0510 e. The molecule has 0 saturated carbocycles. The Balaban J connectivity index is 2.04. The van der Waals surface area contributed by atoms with Crippen LogP contribution in [0.4, 0.5) is 0 Å². The van der Waals surface area contributed by atoms with Gasteiger partial charge in [-0.05, 0) is 47.1 Å². The molecule has 0 amide bonds. The molecule has 2 rings (SSSR count). The van der Waals surface area contributed by atoms with Crippen LogP contribution in [0.25, 0.3) is 0 Å². The van der Waals surface area contributed by atoms with Crippen molar-refractivity contribution in [3.63, 3.8) is 0 Å². The molecule has 17 heavy (non-hydrogen) atoms. The first-order valence-electron chi connectivity index (χ1n) is 6.86. The van der Waals surface area contributed by atoms with E-state index in [1.807, 2.05) is 0 Å². The minimum absolute atomic E-state index is 0.558. The maximum atomic E-state index is 5.55. The second kappa shape index (κ2) is 6.14. The number of nitrogens with one attached hydrogen (secondary N) is 1. The van der Waals surface area contributed by atoms with Crippen molar-refractivity contribution in [2.45, 2.75) is 24.9 Å². The fourth-order valence-corrected chi connectivity index (χ4v) is 3.27. The predicted molar refractivity (Wildman–Crippen MR) is 70.3 cm³/mol. The number of likely N-dealkylation sites (N-methyl/N-ethyl adjacent to an activating group) is 3. The first-order chi connectivity index (χ1) is 8.22. The summed E-state index contributed by atoms with van der Waals surface area (Å²) >= 11 is 0. The van der Waals surface area contributed by atoms with E-state index in [4.69, 9.17) is 4.74 Å². The average Bonchev–Trinajstić information content (AvgIpc) is 2.76. The third-order valence-corrected chi connectivity index (χ3v) is 4.34. The van der Waals surface area contributed by atoms with Crippen LogP contribution in [0.1, 0.15) is 12.8 Å². The Morgan fingerprint density at radius 3 is 2.76 bits per heavy atom. The monoisotopic (exact) mass is 241 g/mol. The molecule has 1 N–H and O–H groups in total. The largest absolute Gasteiger partial charge is 0.381 e. The lowest BCUT2D eigenvalue weighted by atomic mass is 9.91. The fraction of sp³-hybridized carbons (Fsp3) is 1.00. The summed E-state index contributed by atoms with van der Waals surface area (Å²) in [7, 11) is 6.61. The molecule has 3 atom stereocenters. The highest BCUT2D eigenvalue weighted by molar-refractivity contribution is 4.92. The van der Waals surface area contributed by atoms with Crippen LogP contribution >= 0.6 is 0 Å². The summed E-state index contributed by atoms with van der Waals surface area (Å²) in [6.07, 6.45) is 2.49. The van der Waals surface area contributed by atoms with Crippen LogP contribution in [-0.4, -0.2) is 75.9 Å². The first kappa shape index (κ1) is 13.3. The maximum Gasteiger partial charge on any atom is 0.0510 e. The molecular formula is C13H27N3O. The van der Waals surface area contributed by atoms with Gasteiger partial charge in [0.1, 0.15) is 0 Å². The van der Waals surface area contributed by atoms with Crippen molar-refractivity contribution in [2.24, 2.45) is 5.92 Å². The van der Waals surface area contributed by atoms with Crippen molar-refractivity contribution < 1.29 is 4.74 Å². The Morgan fingerprint density at radius 1 is 1.29 bits per heavy atom. The molecule has 0 aromatic carbocycles. The van der Waals surface area contributed by atoms with E-state index in [2.05, 4.69) is 36.3 Å². The van der Waals surface area contributed by atoms with Gasteiger partial charge in [0.25, 0.3) is 0 Å². The van der Waals surface area contributed by atoms with Crippen molar-refractivity contribution in [1.82, 2.24) is 15.1 Å². The van der Waals surface area contributed by atoms with E-state index in [9.17, 15) is 0 Å². The Morgan fingerprint density at radius 2 is 2.12 bits per heavy atom. The van der Waals surface area contributed by atoms with E-state index in [0.29, 0.717) is 18.0 Å². The lowest BCUT2D eigenvalue weighted by Gasteiger charge is -2.37. The van der Waals surface area contributed by atoms with Gasteiger partial charge in [-0.15, -0.1) is 0 Å². The van der Waals surface area contributed by atoms with E-state index >= 15 is 0 Å². The second-order valence-corrected chi connectivity index (χ2v) is 5.60. The van der Waals surface area contributed by atoms with Crippen LogP contribution in [0.2, 0.25) is 0 Å². The highest BCUT2D eigenvalue weighted by Gasteiger charge is 2.34. The molecule has 4 nitrogen and oxygen atoms in total. The molecule has 2 saturated heterocycles. The maximum absolute atomic E-state index is 5.55. The number of hydrogen-bond donors (Lipinski definition) is 1. The van der Waals surface area contributed by atoms with Crippen molar-refractivity contribution in [3.05, 3.63) is 0 Å². The molecule has 100 valence electrons. The second-order valence-electron chi connectivity index (χ2n) is 5.60. The van der Waals surface area contributed by atoms with Crippen LogP contribution in [0.5, 0.6) is 0 Å². The molecule has 4 heteroatoms. The Kier molecular flexibility index (Phi) is 4.79. The molecule has 2 fully saturated rings. The van der Waals surface area contributed by atoms with Crippen LogP contribution < -0.4 is 5.32 Å². The van der Waals surface area contributed by atoms with Gasteiger partial charge in [-0.25, -0.2) is 0 Å². The van der Waals surface area contributed by atoms with Gasteiger partial charge in [-0.2, -0.15) is 0 Å². The predicted octanol–water partition coefficient (Wildman–Crippen LogP) is 0.247. The minimum Gasteiger partial charge on any atom is -0.381 e. The van der Waals surface area contributed by atoms with Gasteiger partial charge in [0.05, 0.1) is 6.61 Å².